The van der Waals surface area contributed by atoms with Gasteiger partial charge in [0.25, 0.3) is 5.91 Å². The molecule has 2 heterocycles. The van der Waals surface area contributed by atoms with Gasteiger partial charge in [0, 0.05) is 49.5 Å². The Bertz CT molecular complexity index is 1430. The number of Topliss-reactive ketones (excluding diaryl/α,β-unsaturated/α-hetero) is 1. The van der Waals surface area contributed by atoms with Gasteiger partial charge in [0.2, 0.25) is 0 Å². The summed E-state index contributed by atoms with van der Waals surface area (Å²) >= 11 is 0. The summed E-state index contributed by atoms with van der Waals surface area (Å²) < 4.78 is 20.1. The standard InChI is InChI=1S/C34H44FN3O7/c1-33(2,3)25-11-22(12-26(16-25)34(20-35)4-6-45-7-5-34)23(15-31(42)43)13-28(40)17-38-32(44)24-8-21(9-27(39)14-24)10-30-36-18-29(41)19-37-30/h8-9,11-12,14,16,23,29,39,41H,4-7,10,13,15,17-20H2,1-3H3,(H,36,37)(H,38,44)(H,42,43)/t23-/m0/s1. The molecule has 0 aliphatic carbocycles. The van der Waals surface area contributed by atoms with Gasteiger partial charge >= 0.3 is 5.97 Å². The monoisotopic (exact) mass is 625 g/mol. The Hall–Kier alpha value is -3.83. The second-order valence-electron chi connectivity index (χ2n) is 13.2. The number of aliphatic imine (C=N–C) groups is 1. The van der Waals surface area contributed by atoms with Crippen molar-refractivity contribution in [2.45, 2.75) is 75.7 Å². The number of ketones is 1. The highest BCUT2D eigenvalue weighted by Crippen LogP contribution is 2.40. The summed E-state index contributed by atoms with van der Waals surface area (Å²) in [5.74, 6) is -2.16. The number of phenols is 1. The van der Waals surface area contributed by atoms with Crippen molar-refractivity contribution in [1.82, 2.24) is 10.6 Å². The van der Waals surface area contributed by atoms with Crippen LogP contribution in [0.5, 0.6) is 5.75 Å². The molecule has 1 amide bonds. The number of aromatic hydroxyl groups is 1. The second-order valence-corrected chi connectivity index (χ2v) is 13.2. The quantitative estimate of drug-likeness (QED) is 0.240. The number of rotatable bonds is 12. The maximum Gasteiger partial charge on any atom is 0.303 e. The van der Waals surface area contributed by atoms with Crippen molar-refractivity contribution in [3.63, 3.8) is 0 Å². The van der Waals surface area contributed by atoms with Crippen LogP contribution in [-0.2, 0) is 31.6 Å². The third kappa shape index (κ3) is 9.11. The molecule has 2 aromatic rings. The molecule has 45 heavy (non-hydrogen) atoms. The molecular weight excluding hydrogens is 581 g/mol. The molecule has 2 aliphatic heterocycles. The number of amides is 1. The summed E-state index contributed by atoms with van der Waals surface area (Å²) in [5, 5.41) is 35.2. The fourth-order valence-corrected chi connectivity index (χ4v) is 5.83. The predicted octanol–water partition coefficient (Wildman–Crippen LogP) is 3.56. The molecule has 0 bridgehead atoms. The molecule has 2 aromatic carbocycles. The predicted molar refractivity (Wildman–Crippen MR) is 168 cm³/mol. The first kappa shape index (κ1) is 34.1. The molecule has 11 heteroatoms. The van der Waals surface area contributed by atoms with Gasteiger partial charge < -0.3 is 30.7 Å². The Labute approximate surface area is 263 Å². The van der Waals surface area contributed by atoms with Crippen LogP contribution in [0.3, 0.4) is 0 Å². The molecule has 244 valence electrons. The zero-order chi connectivity index (χ0) is 32.8. The highest BCUT2D eigenvalue weighted by atomic mass is 19.1. The minimum atomic E-state index is -1.07. The van der Waals surface area contributed by atoms with E-state index in [-0.39, 0.29) is 48.4 Å². The third-order valence-electron chi connectivity index (χ3n) is 8.60. The molecule has 0 radical (unpaired) electrons. The minimum absolute atomic E-state index is 0.118. The van der Waals surface area contributed by atoms with Gasteiger partial charge in [-0.25, -0.2) is 0 Å². The Kier molecular flexibility index (Phi) is 11.0. The van der Waals surface area contributed by atoms with Gasteiger partial charge in [0.1, 0.15) is 11.6 Å². The van der Waals surface area contributed by atoms with E-state index in [1.54, 1.807) is 6.07 Å². The first-order valence-electron chi connectivity index (χ1n) is 15.4. The van der Waals surface area contributed by atoms with Crippen LogP contribution in [0.1, 0.15) is 85.0 Å². The number of nitrogens with zero attached hydrogens (tertiary/aromatic N) is 1. The van der Waals surface area contributed by atoms with Crippen LogP contribution in [-0.4, -0.2) is 84.4 Å². The van der Waals surface area contributed by atoms with Crippen LogP contribution < -0.4 is 10.6 Å². The molecule has 2 aliphatic rings. The lowest BCUT2D eigenvalue weighted by Gasteiger charge is -2.37. The number of alkyl halides is 1. The highest BCUT2D eigenvalue weighted by Gasteiger charge is 2.36. The maximum atomic E-state index is 14.6. The largest absolute Gasteiger partial charge is 0.508 e. The summed E-state index contributed by atoms with van der Waals surface area (Å²) in [5.41, 5.74) is 2.12. The number of phenolic OH excluding ortho intramolecular Hbond substituents is 1. The zero-order valence-electron chi connectivity index (χ0n) is 26.2. The number of halogens is 1. The maximum absolute atomic E-state index is 14.6. The summed E-state index contributed by atoms with van der Waals surface area (Å²) in [4.78, 5) is 42.3. The topological polar surface area (TPSA) is 158 Å². The molecular formula is C34H44FN3O7. The number of hydrogen-bond acceptors (Lipinski definition) is 8. The zero-order valence-corrected chi connectivity index (χ0v) is 26.2. The Morgan fingerprint density at radius 3 is 2.47 bits per heavy atom. The van der Waals surface area contributed by atoms with Crippen LogP contribution in [0.2, 0.25) is 0 Å². The first-order valence-corrected chi connectivity index (χ1v) is 15.4. The number of aliphatic hydroxyl groups excluding tert-OH is 1. The number of benzene rings is 2. The molecule has 10 nitrogen and oxygen atoms in total. The number of carbonyl (C=O) groups is 3. The van der Waals surface area contributed by atoms with Crippen molar-refractivity contribution < 1.29 is 38.8 Å². The van der Waals surface area contributed by atoms with E-state index in [0.717, 1.165) is 11.1 Å². The van der Waals surface area contributed by atoms with Gasteiger partial charge in [0.15, 0.2) is 5.78 Å². The van der Waals surface area contributed by atoms with Crippen LogP contribution >= 0.6 is 0 Å². The molecule has 0 saturated carbocycles. The Morgan fingerprint density at radius 2 is 1.84 bits per heavy atom. The third-order valence-corrected chi connectivity index (χ3v) is 8.60. The molecule has 1 fully saturated rings. The summed E-state index contributed by atoms with van der Waals surface area (Å²) in [6, 6.07) is 10.2. The van der Waals surface area contributed by atoms with Crippen LogP contribution in [0.15, 0.2) is 41.4 Å². The van der Waals surface area contributed by atoms with E-state index in [1.807, 2.05) is 39.0 Å². The van der Waals surface area contributed by atoms with E-state index in [9.17, 15) is 34.1 Å². The van der Waals surface area contributed by atoms with Crippen molar-refractivity contribution in [1.29, 1.82) is 0 Å². The molecule has 5 N–H and O–H groups in total. The van der Waals surface area contributed by atoms with Crippen LogP contribution in [0.25, 0.3) is 0 Å². The van der Waals surface area contributed by atoms with Crippen molar-refractivity contribution in [3.8, 4) is 5.75 Å². The van der Waals surface area contributed by atoms with Crippen molar-refractivity contribution >= 4 is 23.5 Å². The number of carboxylic acids is 1. The highest BCUT2D eigenvalue weighted by molar-refractivity contribution is 5.97. The van der Waals surface area contributed by atoms with Crippen molar-refractivity contribution in [2.75, 3.05) is 39.5 Å². The van der Waals surface area contributed by atoms with E-state index in [0.29, 0.717) is 56.0 Å². The van der Waals surface area contributed by atoms with Crippen molar-refractivity contribution in [3.05, 3.63) is 64.2 Å². The average Bonchev–Trinajstić information content (AvgIpc) is 3.00. The fourth-order valence-electron chi connectivity index (χ4n) is 5.83. The van der Waals surface area contributed by atoms with E-state index in [1.165, 1.54) is 12.1 Å². The number of β-amino-alcohol motifs (C(OH)–C–C–N with tert-alkyl or cyclic N) is 1. The number of carbonyl (C=O) groups excluding carboxylic acids is 2. The van der Waals surface area contributed by atoms with E-state index in [4.69, 9.17) is 4.74 Å². The van der Waals surface area contributed by atoms with Gasteiger partial charge in [-0.2, -0.15) is 0 Å². The first-order chi connectivity index (χ1) is 21.3. The summed E-state index contributed by atoms with van der Waals surface area (Å²) in [6.07, 6.45) is 0.349. The van der Waals surface area contributed by atoms with E-state index in [2.05, 4.69) is 15.6 Å². The van der Waals surface area contributed by atoms with E-state index < -0.39 is 36.0 Å². The number of aliphatic hydroxyl groups is 1. The average molecular weight is 626 g/mol. The summed E-state index contributed by atoms with van der Waals surface area (Å²) in [7, 11) is 0. The lowest BCUT2D eigenvalue weighted by molar-refractivity contribution is -0.137. The molecule has 4 rings (SSSR count). The lowest BCUT2D eigenvalue weighted by Crippen LogP contribution is -2.39. The lowest BCUT2D eigenvalue weighted by atomic mass is 9.71. The van der Waals surface area contributed by atoms with Crippen LogP contribution in [0, 0.1) is 0 Å². The smallest absolute Gasteiger partial charge is 0.303 e. The van der Waals surface area contributed by atoms with E-state index >= 15 is 0 Å². The molecule has 0 spiro atoms. The molecule has 1 unspecified atom stereocenters. The Balaban J connectivity index is 1.50. The van der Waals surface area contributed by atoms with Gasteiger partial charge in [-0.3, -0.25) is 23.8 Å². The Morgan fingerprint density at radius 1 is 1.11 bits per heavy atom. The number of aliphatic carboxylic acids is 1. The van der Waals surface area contributed by atoms with Gasteiger partial charge in [-0.15, -0.1) is 0 Å². The molecule has 1 saturated heterocycles. The fraction of sp³-hybridized carbons (Fsp3) is 0.529. The van der Waals surface area contributed by atoms with Gasteiger partial charge in [0.05, 0.1) is 32.3 Å². The van der Waals surface area contributed by atoms with Gasteiger partial charge in [-0.1, -0.05) is 39.0 Å². The minimum Gasteiger partial charge on any atom is -0.508 e. The normalized spacial score (nSPS) is 18.8. The number of ether oxygens (including phenoxy) is 1. The van der Waals surface area contributed by atoms with Gasteiger partial charge in [-0.05, 0) is 58.7 Å². The number of amidine groups is 1. The molecule has 0 aromatic heterocycles. The number of carboxylic acid groups (broad SMARTS) is 1. The SMILES string of the molecule is CC(C)(C)c1cc([C@H](CC(=O)O)CC(=O)CNC(=O)c2cc(O)cc(CC3=NCC(O)CN3)c2)cc(C2(CF)CCOCC2)c1. The van der Waals surface area contributed by atoms with Crippen LogP contribution in [0.4, 0.5) is 4.39 Å². The second kappa shape index (κ2) is 14.5. The summed E-state index contributed by atoms with van der Waals surface area (Å²) in [6.45, 7) is 6.71. The molecule has 2 atom stereocenters. The van der Waals surface area contributed by atoms with Crippen molar-refractivity contribution in [2.24, 2.45) is 4.99 Å². The number of hydrogen-bond donors (Lipinski definition) is 5. The number of nitrogens with one attached hydrogen (secondary N) is 2.